The number of ether oxygens (including phenoxy) is 1. The number of methoxy groups -OCH3 is 1. The largest absolute Gasteiger partial charge is 0.476 e. The van der Waals surface area contributed by atoms with Gasteiger partial charge in [0.15, 0.2) is 0 Å². The maximum Gasteiger partial charge on any atom is 0.330 e. The summed E-state index contributed by atoms with van der Waals surface area (Å²) in [6.45, 7) is 0. The number of nitro groups is 1. The first-order chi connectivity index (χ1) is 6.72. The van der Waals surface area contributed by atoms with E-state index in [1.165, 1.54) is 13.2 Å². The fourth-order valence-electron chi connectivity index (χ4n) is 1.34. The Bertz CT molecular complexity index is 374. The molecule has 74 valence electrons. The van der Waals surface area contributed by atoms with Crippen LogP contribution < -0.4 is 4.74 Å². The van der Waals surface area contributed by atoms with Gasteiger partial charge in [0, 0.05) is 17.7 Å². The molecule has 2 rings (SSSR count). The van der Waals surface area contributed by atoms with Crippen molar-refractivity contribution >= 4 is 5.69 Å². The number of rotatable bonds is 3. The molecule has 0 bridgehead atoms. The van der Waals surface area contributed by atoms with Crippen LogP contribution in [0, 0.1) is 10.1 Å². The van der Waals surface area contributed by atoms with Crippen molar-refractivity contribution in [1.82, 2.24) is 4.98 Å². The van der Waals surface area contributed by atoms with E-state index in [2.05, 4.69) is 4.98 Å². The van der Waals surface area contributed by atoms with Gasteiger partial charge in [0.05, 0.1) is 12.0 Å². The first-order valence-corrected chi connectivity index (χ1v) is 4.41. The van der Waals surface area contributed by atoms with Crippen LogP contribution in [0.3, 0.4) is 0 Å². The van der Waals surface area contributed by atoms with Crippen LogP contribution >= 0.6 is 0 Å². The molecule has 1 aliphatic rings. The van der Waals surface area contributed by atoms with Gasteiger partial charge in [-0.2, -0.15) is 0 Å². The van der Waals surface area contributed by atoms with E-state index in [0.29, 0.717) is 5.92 Å². The molecular weight excluding hydrogens is 184 g/mol. The third kappa shape index (κ3) is 1.53. The molecule has 14 heavy (non-hydrogen) atoms. The summed E-state index contributed by atoms with van der Waals surface area (Å²) in [5.74, 6) is 0.587. The van der Waals surface area contributed by atoms with E-state index in [-0.39, 0.29) is 11.6 Å². The van der Waals surface area contributed by atoms with Gasteiger partial charge in [-0.3, -0.25) is 10.1 Å². The highest BCUT2D eigenvalue weighted by molar-refractivity contribution is 5.42. The molecule has 0 N–H and O–H groups in total. The average Bonchev–Trinajstić information content (AvgIpc) is 3.00. The third-order valence-corrected chi connectivity index (χ3v) is 2.25. The van der Waals surface area contributed by atoms with Crippen LogP contribution in [0.4, 0.5) is 5.69 Å². The molecular formula is C9H10N2O3. The second kappa shape index (κ2) is 3.25. The highest BCUT2D eigenvalue weighted by Gasteiger charge is 2.27. The predicted molar refractivity (Wildman–Crippen MR) is 49.4 cm³/mol. The van der Waals surface area contributed by atoms with Crippen LogP contribution in [0.1, 0.15) is 24.5 Å². The Morgan fingerprint density at radius 2 is 2.29 bits per heavy atom. The van der Waals surface area contributed by atoms with Gasteiger partial charge in [-0.1, -0.05) is 0 Å². The van der Waals surface area contributed by atoms with Crippen LogP contribution in [-0.4, -0.2) is 17.0 Å². The maximum atomic E-state index is 10.6. The molecule has 0 aliphatic heterocycles. The Balaban J connectivity index is 2.38. The minimum atomic E-state index is -0.484. The summed E-state index contributed by atoms with van der Waals surface area (Å²) in [5, 5.41) is 10.6. The molecule has 1 aromatic heterocycles. The standard InChI is InChI=1S/C9H10N2O3/c1-14-9-8(11(12)13)5-4-7(10-9)6-2-3-6/h4-6H,2-3H2,1H3. The van der Waals surface area contributed by atoms with Gasteiger partial charge in [-0.15, -0.1) is 0 Å². The normalized spacial score (nSPS) is 15.2. The zero-order valence-electron chi connectivity index (χ0n) is 7.77. The van der Waals surface area contributed by atoms with Crippen LogP contribution in [0.25, 0.3) is 0 Å². The summed E-state index contributed by atoms with van der Waals surface area (Å²) in [6, 6.07) is 3.16. The highest BCUT2D eigenvalue weighted by Crippen LogP contribution is 2.40. The zero-order chi connectivity index (χ0) is 10.1. The quantitative estimate of drug-likeness (QED) is 0.544. The number of hydrogen-bond donors (Lipinski definition) is 0. The lowest BCUT2D eigenvalue weighted by Crippen LogP contribution is -1.98. The second-order valence-corrected chi connectivity index (χ2v) is 3.30. The fourth-order valence-corrected chi connectivity index (χ4v) is 1.34. The van der Waals surface area contributed by atoms with Crippen molar-refractivity contribution in [3.63, 3.8) is 0 Å². The molecule has 1 heterocycles. The van der Waals surface area contributed by atoms with Crippen LogP contribution in [-0.2, 0) is 0 Å². The molecule has 1 aromatic rings. The molecule has 0 amide bonds. The zero-order valence-corrected chi connectivity index (χ0v) is 7.77. The topological polar surface area (TPSA) is 65.3 Å². The molecule has 0 atom stereocenters. The van der Waals surface area contributed by atoms with Gasteiger partial charge in [0.1, 0.15) is 0 Å². The van der Waals surface area contributed by atoms with E-state index >= 15 is 0 Å². The molecule has 5 nitrogen and oxygen atoms in total. The molecule has 0 saturated heterocycles. The number of aromatic nitrogens is 1. The smallest absolute Gasteiger partial charge is 0.330 e. The Labute approximate surface area is 80.9 Å². The lowest BCUT2D eigenvalue weighted by atomic mass is 10.2. The van der Waals surface area contributed by atoms with Crippen LogP contribution in [0.15, 0.2) is 12.1 Å². The second-order valence-electron chi connectivity index (χ2n) is 3.30. The molecule has 0 spiro atoms. The van der Waals surface area contributed by atoms with E-state index < -0.39 is 4.92 Å². The lowest BCUT2D eigenvalue weighted by molar-refractivity contribution is -0.386. The van der Waals surface area contributed by atoms with Crippen molar-refractivity contribution < 1.29 is 9.66 Å². The van der Waals surface area contributed by atoms with Gasteiger partial charge in [0.2, 0.25) is 0 Å². The van der Waals surface area contributed by atoms with Crippen molar-refractivity contribution in [2.45, 2.75) is 18.8 Å². The monoisotopic (exact) mass is 194 g/mol. The number of hydrogen-bond acceptors (Lipinski definition) is 4. The number of nitrogens with zero attached hydrogens (tertiary/aromatic N) is 2. The minimum absolute atomic E-state index is 0.0723. The SMILES string of the molecule is COc1nc(C2CC2)ccc1[N+](=O)[O-]. The van der Waals surface area contributed by atoms with Gasteiger partial charge in [-0.05, 0) is 18.9 Å². The molecule has 0 aromatic carbocycles. The summed E-state index contributed by atoms with van der Waals surface area (Å²) < 4.78 is 4.87. The molecule has 1 aliphatic carbocycles. The number of pyridine rings is 1. The van der Waals surface area contributed by atoms with Crippen LogP contribution in [0.2, 0.25) is 0 Å². The summed E-state index contributed by atoms with van der Waals surface area (Å²) in [6.07, 6.45) is 2.24. The van der Waals surface area contributed by atoms with Gasteiger partial charge in [0.25, 0.3) is 5.88 Å². The minimum Gasteiger partial charge on any atom is -0.476 e. The molecule has 1 saturated carbocycles. The maximum absolute atomic E-state index is 10.6. The van der Waals surface area contributed by atoms with E-state index in [0.717, 1.165) is 18.5 Å². The summed E-state index contributed by atoms with van der Waals surface area (Å²) in [7, 11) is 1.39. The first-order valence-electron chi connectivity index (χ1n) is 4.41. The Hall–Kier alpha value is -1.65. The molecule has 1 fully saturated rings. The van der Waals surface area contributed by atoms with E-state index in [1.54, 1.807) is 6.07 Å². The highest BCUT2D eigenvalue weighted by atomic mass is 16.6. The van der Waals surface area contributed by atoms with Gasteiger partial charge >= 0.3 is 5.69 Å². The molecule has 5 heteroatoms. The Kier molecular flexibility index (Phi) is 2.07. The summed E-state index contributed by atoms with van der Waals surface area (Å²) in [4.78, 5) is 14.2. The third-order valence-electron chi connectivity index (χ3n) is 2.25. The Morgan fingerprint density at radius 3 is 2.79 bits per heavy atom. The van der Waals surface area contributed by atoms with E-state index in [4.69, 9.17) is 4.74 Å². The molecule has 0 unspecified atom stereocenters. The molecule has 0 radical (unpaired) electrons. The van der Waals surface area contributed by atoms with Crippen molar-refractivity contribution in [1.29, 1.82) is 0 Å². The van der Waals surface area contributed by atoms with Crippen molar-refractivity contribution in [2.24, 2.45) is 0 Å². The van der Waals surface area contributed by atoms with E-state index in [1.807, 2.05) is 0 Å². The average molecular weight is 194 g/mol. The van der Waals surface area contributed by atoms with Crippen molar-refractivity contribution in [2.75, 3.05) is 7.11 Å². The fraction of sp³-hybridized carbons (Fsp3) is 0.444. The van der Waals surface area contributed by atoms with E-state index in [9.17, 15) is 10.1 Å². The van der Waals surface area contributed by atoms with Gasteiger partial charge in [-0.25, -0.2) is 4.98 Å². The summed E-state index contributed by atoms with van der Waals surface area (Å²) in [5.41, 5.74) is 0.823. The van der Waals surface area contributed by atoms with Crippen molar-refractivity contribution in [3.05, 3.63) is 27.9 Å². The van der Waals surface area contributed by atoms with Gasteiger partial charge < -0.3 is 4.74 Å². The summed E-state index contributed by atoms with van der Waals surface area (Å²) >= 11 is 0. The lowest BCUT2D eigenvalue weighted by Gasteiger charge is -2.02. The Morgan fingerprint density at radius 1 is 1.57 bits per heavy atom. The first kappa shape index (κ1) is 8.93. The predicted octanol–water partition coefficient (Wildman–Crippen LogP) is 1.88. The van der Waals surface area contributed by atoms with Crippen molar-refractivity contribution in [3.8, 4) is 5.88 Å². The van der Waals surface area contributed by atoms with Crippen LogP contribution in [0.5, 0.6) is 5.88 Å².